The molecule has 0 aliphatic heterocycles. The zero-order chi connectivity index (χ0) is 106. The minimum absolute atomic E-state index is 0.0717. The van der Waals surface area contributed by atoms with Gasteiger partial charge in [-0.1, -0.05) is 151 Å². The van der Waals surface area contributed by atoms with E-state index in [1.807, 2.05) is 95.4 Å². The van der Waals surface area contributed by atoms with Crippen molar-refractivity contribution in [2.24, 2.45) is 0 Å². The lowest BCUT2D eigenvalue weighted by Gasteiger charge is -2.31. The van der Waals surface area contributed by atoms with Crippen molar-refractivity contribution < 1.29 is 106 Å². The van der Waals surface area contributed by atoms with E-state index in [9.17, 15) is 92.4 Å². The minimum atomic E-state index is -4.53. The molecule has 0 saturated heterocycles. The second-order valence-corrected chi connectivity index (χ2v) is 65.5. The number of rotatable bonds is 21. The SMILES string of the molecule is CC(C)(C(=O)Nc1ccc(C(F)(F)F)cn1)S(=O)(=O)C1CCCCC1.CC(C)(C)c1cc(NC(=O)C(C)(C)S(=O)(=O)C(C)(C)C)no1.CC(C)(C)c1cc(NC(=O)C(C)(C)S(=O)(=O)C2CC2)no1.CC(C)(C)c1cc(NC(=O)C(C)(C)S(=O)(=O)C2CCCC2)no1.CC(C)(C)c1csc(NC(=O)C(C)(C)S(=O)(=O)C(C)(C)C)n1.Cc1nc(NC(=O)C(C)(C)S(=O)(=O)C(C)(C)C)sc1C(C)(C)C. The fourth-order valence-corrected chi connectivity index (χ4v) is 26.9. The van der Waals surface area contributed by atoms with E-state index in [2.05, 4.69) is 83.1 Å². The van der Waals surface area contributed by atoms with Gasteiger partial charge < -0.3 is 45.5 Å². The molecule has 136 heavy (non-hydrogen) atoms. The van der Waals surface area contributed by atoms with Crippen LogP contribution in [0.15, 0.2) is 55.5 Å². The van der Waals surface area contributed by atoms with Crippen LogP contribution in [0.5, 0.6) is 0 Å². The Bertz CT molecular complexity index is 5830. The van der Waals surface area contributed by atoms with Gasteiger partial charge in [-0.05, 0) is 208 Å². The summed E-state index contributed by atoms with van der Waals surface area (Å²) < 4.78 is 192. The molecule has 6 aromatic rings. The Kier molecular flexibility index (Phi) is 37.5. The maximum absolute atomic E-state index is 12.8. The molecule has 3 saturated carbocycles. The normalized spacial score (nSPS) is 15.6. The summed E-state index contributed by atoms with van der Waals surface area (Å²) in [6.07, 6.45) is 4.06. The van der Waals surface area contributed by atoms with Gasteiger partial charge in [0.15, 0.2) is 86.7 Å². The van der Waals surface area contributed by atoms with Gasteiger partial charge in [-0.3, -0.25) is 28.8 Å². The standard InChI is InChI=1S/C16H21F3N2O3S.C16H26N2O4S.C16H28N2O3S2.C15H26N2O4S.C15H26N2O3S2.C14H22N2O4S/c1-15(2,25(23,24)12-6-4-3-5-7-12)14(22)21-13-9-8-11(10-20-13)16(17,18)19;1-15(2,3)12-10-13(18-22-12)17-14(19)16(4,5)23(20,21)11-8-6-7-9-11;1-10-11(14(2,3)4)22-13(17-10)18-12(19)16(8,9)23(20,21)15(5,6)7;1-13(2,3)10-9-11(17-21-10)16-12(18)15(7,8)22(19,20)14(4,5)6;1-13(2,3)10-9-21-12(16-10)17-11(18)15(7,8)22(19,20)14(4,5)6;1-13(2,3)10-8-11(16-20-10)15-12(17)14(4,5)21(18,19)9-6-7-9/h8-10,12H,3-7H2,1-2H3,(H,20,21,22);10-11H,6-9H2,1-5H3,(H,17,18,19);1-9H3,(H,17,18,19);2*9H,1-8H3,(H,16,17,18);8-9H,6-7H2,1-5H3,(H,15,16,17). The number of hydrogen-bond acceptors (Lipinski definition) is 29. The molecule has 6 heterocycles. The van der Waals surface area contributed by atoms with Gasteiger partial charge in [0, 0.05) is 56.3 Å². The number of pyridine rings is 1. The van der Waals surface area contributed by atoms with Crippen LogP contribution >= 0.6 is 22.7 Å². The van der Waals surface area contributed by atoms with E-state index in [-0.39, 0.29) is 55.6 Å². The summed E-state index contributed by atoms with van der Waals surface area (Å²) in [5.74, 6) is -1.25. The average molecular weight is 2070 g/mol. The molecule has 0 bridgehead atoms. The molecule has 44 heteroatoms. The van der Waals surface area contributed by atoms with E-state index in [0.29, 0.717) is 72.3 Å². The Hall–Kier alpha value is -7.65. The van der Waals surface area contributed by atoms with Crippen LogP contribution in [0.4, 0.5) is 46.7 Å². The lowest BCUT2D eigenvalue weighted by atomic mass is 9.93. The highest BCUT2D eigenvalue weighted by atomic mass is 32.2. The predicted octanol–water partition coefficient (Wildman–Crippen LogP) is 18.8. The molecule has 6 amide bonds. The number of nitrogens with one attached hydrogen (secondary N) is 6. The second-order valence-electron chi connectivity index (χ2n) is 45.5. The average Bonchev–Trinajstić information content (AvgIpc) is 1.73. The van der Waals surface area contributed by atoms with Gasteiger partial charge in [0.2, 0.25) is 35.4 Å². The molecule has 0 aromatic carbocycles. The maximum Gasteiger partial charge on any atom is 0.417 e. The van der Waals surface area contributed by atoms with Crippen molar-refractivity contribution in [3.05, 3.63) is 81.0 Å². The Morgan fingerprint density at radius 1 is 0.346 bits per heavy atom. The molecule has 0 spiro atoms. The van der Waals surface area contributed by atoms with E-state index in [1.165, 1.54) is 106 Å². The number of sulfone groups is 6. The Balaban J connectivity index is 0.000000341. The van der Waals surface area contributed by atoms with Crippen molar-refractivity contribution in [3.63, 3.8) is 0 Å². The zero-order valence-corrected chi connectivity index (χ0v) is 92.7. The molecular weight excluding hydrogens is 1920 g/mol. The van der Waals surface area contributed by atoms with Crippen molar-refractivity contribution in [2.45, 2.75) is 419 Å². The Labute approximate surface area is 812 Å². The molecule has 9 rings (SSSR count). The number of aromatic nitrogens is 6. The number of carbonyl (C=O) groups is 6. The first-order valence-electron chi connectivity index (χ1n) is 44.8. The molecular formula is C92H149F3N12O21S8. The molecule has 3 aliphatic rings. The van der Waals surface area contributed by atoms with Gasteiger partial charge in [0.05, 0.1) is 46.9 Å². The number of amides is 6. The molecule has 0 radical (unpaired) electrons. The third-order valence-electron chi connectivity index (χ3n) is 23.5. The Morgan fingerprint density at radius 3 is 0.868 bits per heavy atom. The van der Waals surface area contributed by atoms with Crippen molar-refractivity contribution in [2.75, 3.05) is 31.9 Å². The van der Waals surface area contributed by atoms with Crippen LogP contribution < -0.4 is 31.9 Å². The van der Waals surface area contributed by atoms with E-state index < -0.39 is 159 Å². The van der Waals surface area contributed by atoms with Crippen LogP contribution in [0.3, 0.4) is 0 Å². The summed E-state index contributed by atoms with van der Waals surface area (Å²) in [5, 5.41) is 28.0. The van der Waals surface area contributed by atoms with Gasteiger partial charge in [-0.15, -0.1) is 22.7 Å². The summed E-state index contributed by atoms with van der Waals surface area (Å²) >= 11 is 2.69. The van der Waals surface area contributed by atoms with Crippen LogP contribution in [-0.2, 0) is 121 Å². The van der Waals surface area contributed by atoms with Gasteiger partial charge in [-0.25, -0.2) is 65.5 Å². The monoisotopic (exact) mass is 2070 g/mol. The minimum Gasteiger partial charge on any atom is -0.359 e. The molecule has 772 valence electrons. The zero-order valence-electron chi connectivity index (χ0n) is 86.2. The predicted molar refractivity (Wildman–Crippen MR) is 532 cm³/mol. The molecule has 33 nitrogen and oxygen atoms in total. The number of alkyl halides is 3. The third kappa shape index (κ3) is 28.6. The first-order chi connectivity index (χ1) is 60.6. The van der Waals surface area contributed by atoms with Crippen LogP contribution in [0, 0.1) is 6.92 Å². The van der Waals surface area contributed by atoms with Gasteiger partial charge >= 0.3 is 6.18 Å². The van der Waals surface area contributed by atoms with Crippen LogP contribution in [0.1, 0.15) is 359 Å². The number of carbonyl (C=O) groups excluding carboxylic acids is 6. The summed E-state index contributed by atoms with van der Waals surface area (Å²) in [6.45, 7) is 63.1. The molecule has 6 aromatic heterocycles. The molecule has 3 aliphatic carbocycles. The molecule has 6 N–H and O–H groups in total. The van der Waals surface area contributed by atoms with Crippen molar-refractivity contribution in [3.8, 4) is 0 Å². The number of aryl methyl sites for hydroxylation is 1. The first-order valence-corrected chi connectivity index (χ1v) is 55.6. The van der Waals surface area contributed by atoms with E-state index in [4.69, 9.17) is 13.6 Å². The fraction of sp³-hybridized carbons (Fsp3) is 0.717. The molecule has 0 unspecified atom stereocenters. The second kappa shape index (κ2) is 42.3. The lowest BCUT2D eigenvalue weighted by molar-refractivity contribution is -0.138. The third-order valence-corrected chi connectivity index (χ3v) is 44.1. The van der Waals surface area contributed by atoms with Crippen LogP contribution in [0.25, 0.3) is 0 Å². The number of hydrogen-bond donors (Lipinski definition) is 6. The smallest absolute Gasteiger partial charge is 0.359 e. The maximum atomic E-state index is 12.8. The van der Waals surface area contributed by atoms with E-state index in [1.54, 1.807) is 80.5 Å². The van der Waals surface area contributed by atoms with Gasteiger partial charge in [0.25, 0.3) is 0 Å². The largest absolute Gasteiger partial charge is 0.417 e. The molecule has 0 atom stereocenters. The summed E-state index contributed by atoms with van der Waals surface area (Å²) in [7, 11) is -21.8. The van der Waals surface area contributed by atoms with Gasteiger partial charge in [0.1, 0.15) is 51.6 Å². The highest BCUT2D eigenvalue weighted by Crippen LogP contribution is 2.42. The fourth-order valence-electron chi connectivity index (χ4n) is 13.3. The highest BCUT2D eigenvalue weighted by Gasteiger charge is 2.55. The number of anilines is 6. The van der Waals surface area contributed by atoms with Crippen molar-refractivity contribution in [1.82, 2.24) is 30.4 Å². The van der Waals surface area contributed by atoms with Crippen LogP contribution in [-0.4, -0.2) is 175 Å². The summed E-state index contributed by atoms with van der Waals surface area (Å²) in [6, 6.07) is 6.65. The topological polar surface area (TPSA) is 496 Å². The first kappa shape index (κ1) is 121. The van der Waals surface area contributed by atoms with Crippen LogP contribution in [0.2, 0.25) is 0 Å². The number of nitrogens with zero attached hydrogens (tertiary/aromatic N) is 6. The summed E-state index contributed by atoms with van der Waals surface area (Å²) in [4.78, 5) is 88.1. The van der Waals surface area contributed by atoms with E-state index >= 15 is 0 Å². The molecule has 3 fully saturated rings. The summed E-state index contributed by atoms with van der Waals surface area (Å²) in [5.41, 5.74) is -0.127. The number of halogens is 3. The highest BCUT2D eigenvalue weighted by molar-refractivity contribution is 7.96. The van der Waals surface area contributed by atoms with E-state index in [0.717, 1.165) is 60.5 Å². The van der Waals surface area contributed by atoms with Gasteiger partial charge in [-0.2, -0.15) is 13.2 Å². The van der Waals surface area contributed by atoms with Crippen molar-refractivity contribution >= 4 is 151 Å². The quantitative estimate of drug-likeness (QED) is 0.0390. The number of thiazole rings is 2. The Morgan fingerprint density at radius 2 is 0.625 bits per heavy atom. The lowest BCUT2D eigenvalue weighted by Crippen LogP contribution is -2.51. The van der Waals surface area contributed by atoms with Crippen molar-refractivity contribution in [1.29, 1.82) is 0 Å².